The molecule has 2 amide bonds. The van der Waals surface area contributed by atoms with Crippen LogP contribution in [0.1, 0.15) is 13.3 Å². The van der Waals surface area contributed by atoms with Crippen LogP contribution in [0.5, 0.6) is 0 Å². The summed E-state index contributed by atoms with van der Waals surface area (Å²) in [5.74, 6) is 0. The molecule has 0 saturated heterocycles. The van der Waals surface area contributed by atoms with E-state index < -0.39 is 14.8 Å². The number of amides is 2. The zero-order chi connectivity index (χ0) is 11.9. The van der Waals surface area contributed by atoms with Crippen molar-refractivity contribution in [3.63, 3.8) is 0 Å². The Morgan fingerprint density at radius 3 is 2.13 bits per heavy atom. The molecule has 0 bridgehead atoms. The van der Waals surface area contributed by atoms with Crippen LogP contribution in [-0.2, 0) is 13.3 Å². The minimum absolute atomic E-state index is 0.101. The van der Waals surface area contributed by atoms with Crippen molar-refractivity contribution in [2.45, 2.75) is 18.9 Å². The number of rotatable bonds is 7. The molecule has 0 radical (unpaired) electrons. The van der Waals surface area contributed by atoms with Crippen LogP contribution in [0.3, 0.4) is 0 Å². The van der Waals surface area contributed by atoms with Crippen molar-refractivity contribution >= 4 is 14.8 Å². The third kappa shape index (κ3) is 4.16. The summed E-state index contributed by atoms with van der Waals surface area (Å²) in [6.45, 7) is 2.45. The van der Waals surface area contributed by atoms with Crippen molar-refractivity contribution in [1.29, 1.82) is 0 Å². The highest BCUT2D eigenvalue weighted by atomic mass is 28.4. The standard InChI is InChI=1S/C8H20N2O4Si/c1-7(5-6-10-8(9)11)15(12-2,13-3)14-4/h7H,5-6H2,1-4H3,(H3,9,10,11). The van der Waals surface area contributed by atoms with Gasteiger partial charge in [0.15, 0.2) is 0 Å². The second-order valence-electron chi connectivity index (χ2n) is 3.20. The van der Waals surface area contributed by atoms with Gasteiger partial charge in [0.05, 0.1) is 0 Å². The summed E-state index contributed by atoms with van der Waals surface area (Å²) in [7, 11) is 2.12. The number of urea groups is 1. The molecule has 0 aromatic heterocycles. The molecule has 0 rings (SSSR count). The van der Waals surface area contributed by atoms with Crippen LogP contribution in [0.2, 0.25) is 5.54 Å². The van der Waals surface area contributed by atoms with Crippen LogP contribution in [0.25, 0.3) is 0 Å². The molecule has 90 valence electrons. The number of primary amides is 1. The zero-order valence-electron chi connectivity index (χ0n) is 9.70. The average Bonchev–Trinajstić information content (AvgIpc) is 2.21. The van der Waals surface area contributed by atoms with E-state index in [0.29, 0.717) is 13.0 Å². The molecule has 1 unspecified atom stereocenters. The predicted molar refractivity (Wildman–Crippen MR) is 58.4 cm³/mol. The van der Waals surface area contributed by atoms with E-state index in [1.165, 1.54) is 0 Å². The summed E-state index contributed by atoms with van der Waals surface area (Å²) in [6, 6.07) is -0.526. The Morgan fingerprint density at radius 2 is 1.80 bits per heavy atom. The highest BCUT2D eigenvalue weighted by Crippen LogP contribution is 2.26. The maximum atomic E-state index is 10.5. The molecule has 3 N–H and O–H groups in total. The van der Waals surface area contributed by atoms with Crippen molar-refractivity contribution < 1.29 is 18.1 Å². The Bertz CT molecular complexity index is 191. The van der Waals surface area contributed by atoms with Crippen LogP contribution in [0.15, 0.2) is 0 Å². The fraction of sp³-hybridized carbons (Fsp3) is 0.875. The van der Waals surface area contributed by atoms with Gasteiger partial charge in [0.25, 0.3) is 0 Å². The monoisotopic (exact) mass is 236 g/mol. The van der Waals surface area contributed by atoms with Crippen LogP contribution >= 0.6 is 0 Å². The number of hydrogen-bond donors (Lipinski definition) is 2. The Kier molecular flexibility index (Phi) is 6.49. The van der Waals surface area contributed by atoms with E-state index in [4.69, 9.17) is 19.0 Å². The Hall–Kier alpha value is -0.633. The van der Waals surface area contributed by atoms with Gasteiger partial charge in [-0.05, 0) is 6.42 Å². The molecular formula is C8H20N2O4Si. The van der Waals surface area contributed by atoms with E-state index in [-0.39, 0.29) is 5.54 Å². The van der Waals surface area contributed by atoms with E-state index in [2.05, 4.69) is 5.32 Å². The molecule has 0 aromatic carbocycles. The molecule has 0 spiro atoms. The van der Waals surface area contributed by atoms with Gasteiger partial charge in [-0.1, -0.05) is 6.92 Å². The summed E-state index contributed by atoms with van der Waals surface area (Å²) >= 11 is 0. The van der Waals surface area contributed by atoms with Crippen LogP contribution in [0, 0.1) is 0 Å². The number of carbonyl (C=O) groups is 1. The molecule has 1 atom stereocenters. The maximum absolute atomic E-state index is 10.5. The highest BCUT2D eigenvalue weighted by Gasteiger charge is 2.44. The number of carbonyl (C=O) groups excluding carboxylic acids is 1. The van der Waals surface area contributed by atoms with Gasteiger partial charge < -0.3 is 24.3 Å². The van der Waals surface area contributed by atoms with Crippen molar-refractivity contribution in [2.75, 3.05) is 27.9 Å². The van der Waals surface area contributed by atoms with Gasteiger partial charge in [0, 0.05) is 33.4 Å². The highest BCUT2D eigenvalue weighted by molar-refractivity contribution is 6.62. The lowest BCUT2D eigenvalue weighted by Gasteiger charge is -2.30. The lowest BCUT2D eigenvalue weighted by molar-refractivity contribution is 0.112. The third-order valence-electron chi connectivity index (χ3n) is 2.33. The number of hydrogen-bond acceptors (Lipinski definition) is 4. The molecule has 0 fully saturated rings. The summed E-state index contributed by atoms with van der Waals surface area (Å²) in [5, 5.41) is 2.52. The molecule has 0 aromatic rings. The number of nitrogens with one attached hydrogen (secondary N) is 1. The smallest absolute Gasteiger partial charge is 0.377 e. The van der Waals surface area contributed by atoms with Gasteiger partial charge >= 0.3 is 14.8 Å². The van der Waals surface area contributed by atoms with E-state index >= 15 is 0 Å². The molecule has 7 heteroatoms. The van der Waals surface area contributed by atoms with Gasteiger partial charge in [-0.15, -0.1) is 0 Å². The zero-order valence-corrected chi connectivity index (χ0v) is 10.7. The first-order chi connectivity index (χ1) is 7.02. The molecule has 0 aliphatic rings. The first-order valence-electron chi connectivity index (χ1n) is 4.71. The molecule has 0 heterocycles. The van der Waals surface area contributed by atoms with Crippen molar-refractivity contribution in [3.05, 3.63) is 0 Å². The van der Waals surface area contributed by atoms with Crippen LogP contribution in [-0.4, -0.2) is 42.7 Å². The summed E-state index contributed by atoms with van der Waals surface area (Å²) in [5.41, 5.74) is 5.05. The Balaban J connectivity index is 4.14. The van der Waals surface area contributed by atoms with Crippen LogP contribution in [0.4, 0.5) is 4.79 Å². The third-order valence-corrected chi connectivity index (χ3v) is 5.54. The summed E-state index contributed by atoms with van der Waals surface area (Å²) < 4.78 is 15.9. The van der Waals surface area contributed by atoms with Gasteiger partial charge in [-0.3, -0.25) is 0 Å². The van der Waals surface area contributed by atoms with E-state index in [9.17, 15) is 4.79 Å². The molecule has 0 saturated carbocycles. The van der Waals surface area contributed by atoms with Crippen molar-refractivity contribution in [3.8, 4) is 0 Å². The summed E-state index contributed by atoms with van der Waals surface area (Å²) in [4.78, 5) is 10.5. The lowest BCUT2D eigenvalue weighted by Crippen LogP contribution is -2.47. The second-order valence-corrected chi connectivity index (χ2v) is 6.61. The summed E-state index contributed by atoms with van der Waals surface area (Å²) in [6.07, 6.45) is 0.699. The largest absolute Gasteiger partial charge is 0.503 e. The van der Waals surface area contributed by atoms with Gasteiger partial charge in [0.1, 0.15) is 0 Å². The lowest BCUT2D eigenvalue weighted by atomic mass is 10.3. The minimum atomic E-state index is -2.58. The molecule has 0 aliphatic heterocycles. The Morgan fingerprint density at radius 1 is 1.33 bits per heavy atom. The van der Waals surface area contributed by atoms with Crippen molar-refractivity contribution in [2.24, 2.45) is 5.73 Å². The normalized spacial score (nSPS) is 13.6. The van der Waals surface area contributed by atoms with Gasteiger partial charge in [0.2, 0.25) is 0 Å². The maximum Gasteiger partial charge on any atom is 0.503 e. The predicted octanol–water partition coefficient (Wildman–Crippen LogP) is 0.313. The Labute approximate surface area is 91.4 Å². The second kappa shape index (κ2) is 6.78. The minimum Gasteiger partial charge on any atom is -0.377 e. The molecular weight excluding hydrogens is 216 g/mol. The number of nitrogens with two attached hydrogens (primary N) is 1. The first-order valence-corrected chi connectivity index (χ1v) is 6.51. The first kappa shape index (κ1) is 14.4. The quantitative estimate of drug-likeness (QED) is 0.623. The SMILES string of the molecule is CO[Si](OC)(OC)C(C)CCNC(N)=O. The van der Waals surface area contributed by atoms with Crippen molar-refractivity contribution in [1.82, 2.24) is 5.32 Å². The molecule has 0 aliphatic carbocycles. The van der Waals surface area contributed by atoms with E-state index in [1.807, 2.05) is 6.92 Å². The molecule has 15 heavy (non-hydrogen) atoms. The molecule has 6 nitrogen and oxygen atoms in total. The average molecular weight is 236 g/mol. The van der Waals surface area contributed by atoms with Crippen LogP contribution < -0.4 is 11.1 Å². The van der Waals surface area contributed by atoms with E-state index in [1.54, 1.807) is 21.3 Å². The fourth-order valence-corrected chi connectivity index (χ4v) is 3.65. The van der Waals surface area contributed by atoms with E-state index in [0.717, 1.165) is 0 Å². The fourth-order valence-electron chi connectivity index (χ4n) is 1.44. The van der Waals surface area contributed by atoms with Gasteiger partial charge in [-0.2, -0.15) is 0 Å². The topological polar surface area (TPSA) is 82.8 Å². The van der Waals surface area contributed by atoms with Gasteiger partial charge in [-0.25, -0.2) is 4.79 Å².